The molecule has 6 heteroatoms. The van der Waals surface area contributed by atoms with Crippen LogP contribution in [-0.4, -0.2) is 50.5 Å². The van der Waals surface area contributed by atoms with Gasteiger partial charge in [0.2, 0.25) is 11.8 Å². The molecule has 1 aromatic heterocycles. The highest BCUT2D eigenvalue weighted by atomic mass is 16.2. The zero-order valence-electron chi connectivity index (χ0n) is 15.5. The zero-order valence-corrected chi connectivity index (χ0v) is 15.5. The molecule has 1 unspecified atom stereocenters. The normalized spacial score (nSPS) is 18.1. The van der Waals surface area contributed by atoms with Crippen molar-refractivity contribution in [1.29, 1.82) is 0 Å². The first-order valence-electron chi connectivity index (χ1n) is 9.18. The molecule has 0 N–H and O–H groups in total. The maximum absolute atomic E-state index is 12.7. The van der Waals surface area contributed by atoms with Gasteiger partial charge >= 0.3 is 0 Å². The number of carbonyl (C=O) groups excluding carboxylic acids is 2. The van der Waals surface area contributed by atoms with Crippen LogP contribution in [0, 0.1) is 6.92 Å². The molecule has 26 heavy (non-hydrogen) atoms. The van der Waals surface area contributed by atoms with E-state index < -0.39 is 0 Å². The SMILES string of the molecule is CCC1CN(C(=O)Cn2nccc2C)CCC(=O)N1Cc1ccccc1. The molecular formula is C20H26N4O2. The molecule has 3 rings (SSSR count). The first kappa shape index (κ1) is 18.2. The van der Waals surface area contributed by atoms with E-state index in [1.165, 1.54) is 0 Å². The molecule has 2 heterocycles. The lowest BCUT2D eigenvalue weighted by atomic mass is 10.1. The number of hydrogen-bond acceptors (Lipinski definition) is 3. The van der Waals surface area contributed by atoms with Crippen molar-refractivity contribution >= 4 is 11.8 Å². The van der Waals surface area contributed by atoms with Gasteiger partial charge in [-0.25, -0.2) is 0 Å². The molecule has 0 radical (unpaired) electrons. The van der Waals surface area contributed by atoms with Gasteiger partial charge in [0.1, 0.15) is 6.54 Å². The van der Waals surface area contributed by atoms with Crippen LogP contribution in [0.3, 0.4) is 0 Å². The van der Waals surface area contributed by atoms with Crippen LogP contribution >= 0.6 is 0 Å². The Labute approximate surface area is 154 Å². The van der Waals surface area contributed by atoms with Gasteiger partial charge in [-0.15, -0.1) is 0 Å². The van der Waals surface area contributed by atoms with Crippen molar-refractivity contribution in [3.8, 4) is 0 Å². The molecule has 2 amide bonds. The minimum absolute atomic E-state index is 0.0182. The first-order chi connectivity index (χ1) is 12.6. The molecule has 2 aromatic rings. The number of amides is 2. The quantitative estimate of drug-likeness (QED) is 0.827. The predicted octanol–water partition coefficient (Wildman–Crippen LogP) is 2.23. The van der Waals surface area contributed by atoms with Crippen LogP contribution in [0.25, 0.3) is 0 Å². The Morgan fingerprint density at radius 2 is 2.00 bits per heavy atom. The number of aryl methyl sites for hydroxylation is 1. The van der Waals surface area contributed by atoms with Crippen LogP contribution in [0.15, 0.2) is 42.6 Å². The summed E-state index contributed by atoms with van der Waals surface area (Å²) in [5.41, 5.74) is 2.08. The fourth-order valence-electron chi connectivity index (χ4n) is 3.39. The van der Waals surface area contributed by atoms with Gasteiger partial charge in [-0.05, 0) is 25.0 Å². The lowest BCUT2D eigenvalue weighted by Crippen LogP contribution is -2.44. The first-order valence-corrected chi connectivity index (χ1v) is 9.18. The Morgan fingerprint density at radius 1 is 1.23 bits per heavy atom. The van der Waals surface area contributed by atoms with Crippen LogP contribution in [0.1, 0.15) is 31.0 Å². The van der Waals surface area contributed by atoms with E-state index >= 15 is 0 Å². The monoisotopic (exact) mass is 354 g/mol. The number of hydrogen-bond donors (Lipinski definition) is 0. The molecule has 0 bridgehead atoms. The van der Waals surface area contributed by atoms with Gasteiger partial charge < -0.3 is 9.80 Å². The highest BCUT2D eigenvalue weighted by Crippen LogP contribution is 2.18. The average Bonchev–Trinajstić information content (AvgIpc) is 2.97. The Morgan fingerprint density at radius 3 is 2.65 bits per heavy atom. The third-order valence-corrected chi connectivity index (χ3v) is 5.02. The lowest BCUT2D eigenvalue weighted by Gasteiger charge is -2.31. The third kappa shape index (κ3) is 4.12. The predicted molar refractivity (Wildman–Crippen MR) is 99.2 cm³/mol. The van der Waals surface area contributed by atoms with Crippen molar-refractivity contribution in [2.75, 3.05) is 13.1 Å². The van der Waals surface area contributed by atoms with Crippen molar-refractivity contribution in [3.05, 3.63) is 53.9 Å². The molecule has 1 aromatic carbocycles. The summed E-state index contributed by atoms with van der Waals surface area (Å²) in [6.07, 6.45) is 2.89. The number of rotatable bonds is 5. The summed E-state index contributed by atoms with van der Waals surface area (Å²) in [5, 5.41) is 4.19. The van der Waals surface area contributed by atoms with E-state index in [0.717, 1.165) is 17.7 Å². The second-order valence-corrected chi connectivity index (χ2v) is 6.79. The van der Waals surface area contributed by atoms with E-state index in [1.807, 2.05) is 53.1 Å². The molecule has 1 fully saturated rings. The van der Waals surface area contributed by atoms with Crippen molar-refractivity contribution < 1.29 is 9.59 Å². The van der Waals surface area contributed by atoms with Gasteiger partial charge in [-0.2, -0.15) is 5.10 Å². The Balaban J connectivity index is 1.71. The van der Waals surface area contributed by atoms with Gasteiger partial charge in [0.05, 0.1) is 0 Å². The molecule has 1 aliphatic rings. The maximum atomic E-state index is 12.7. The number of carbonyl (C=O) groups is 2. The van der Waals surface area contributed by atoms with Gasteiger partial charge in [0.15, 0.2) is 0 Å². The van der Waals surface area contributed by atoms with Crippen LogP contribution in [-0.2, 0) is 22.7 Å². The summed E-state index contributed by atoms with van der Waals surface area (Å²) >= 11 is 0. The molecule has 1 aliphatic heterocycles. The number of aromatic nitrogens is 2. The van der Waals surface area contributed by atoms with E-state index in [1.54, 1.807) is 10.9 Å². The topological polar surface area (TPSA) is 58.4 Å². The molecule has 0 spiro atoms. The molecule has 0 saturated carbocycles. The molecule has 138 valence electrons. The van der Waals surface area contributed by atoms with Crippen molar-refractivity contribution in [3.63, 3.8) is 0 Å². The van der Waals surface area contributed by atoms with Crippen molar-refractivity contribution in [2.45, 2.75) is 45.8 Å². The second-order valence-electron chi connectivity index (χ2n) is 6.79. The van der Waals surface area contributed by atoms with Crippen molar-refractivity contribution in [2.24, 2.45) is 0 Å². The summed E-state index contributed by atoms with van der Waals surface area (Å²) in [6.45, 7) is 5.87. The van der Waals surface area contributed by atoms with E-state index in [4.69, 9.17) is 0 Å². The van der Waals surface area contributed by atoms with Crippen LogP contribution in [0.4, 0.5) is 0 Å². The van der Waals surface area contributed by atoms with Crippen LogP contribution in [0.2, 0.25) is 0 Å². The fourth-order valence-corrected chi connectivity index (χ4v) is 3.39. The smallest absolute Gasteiger partial charge is 0.244 e. The summed E-state index contributed by atoms with van der Waals surface area (Å²) in [5.74, 6) is 0.135. The van der Waals surface area contributed by atoms with Gasteiger partial charge in [-0.1, -0.05) is 37.3 Å². The fraction of sp³-hybridized carbons (Fsp3) is 0.450. The van der Waals surface area contributed by atoms with Crippen LogP contribution < -0.4 is 0 Å². The van der Waals surface area contributed by atoms with E-state index in [-0.39, 0.29) is 24.4 Å². The Hall–Kier alpha value is -2.63. The summed E-state index contributed by atoms with van der Waals surface area (Å²) < 4.78 is 1.71. The minimum Gasteiger partial charge on any atom is -0.339 e. The standard InChI is InChI=1S/C20H26N4O2/c1-3-18-14-22(20(26)15-24-16(2)9-11-21-24)12-10-19(25)23(18)13-17-7-5-4-6-8-17/h4-9,11,18H,3,10,12-15H2,1-2H3. The zero-order chi connectivity index (χ0) is 18.5. The van der Waals surface area contributed by atoms with E-state index in [9.17, 15) is 9.59 Å². The third-order valence-electron chi connectivity index (χ3n) is 5.02. The highest BCUT2D eigenvalue weighted by molar-refractivity contribution is 5.80. The van der Waals surface area contributed by atoms with Gasteiger partial charge in [0, 0.05) is 44.0 Å². The largest absolute Gasteiger partial charge is 0.339 e. The molecule has 6 nitrogen and oxygen atoms in total. The number of nitrogens with zero attached hydrogens (tertiary/aromatic N) is 4. The second kappa shape index (κ2) is 8.17. The molecule has 1 atom stereocenters. The lowest BCUT2D eigenvalue weighted by molar-refractivity contribution is -0.133. The molecule has 0 aliphatic carbocycles. The summed E-state index contributed by atoms with van der Waals surface area (Å²) in [7, 11) is 0. The Kier molecular flexibility index (Phi) is 5.71. The Bertz CT molecular complexity index is 756. The van der Waals surface area contributed by atoms with Gasteiger partial charge in [-0.3, -0.25) is 14.3 Å². The summed E-state index contributed by atoms with van der Waals surface area (Å²) in [4.78, 5) is 29.2. The number of benzene rings is 1. The van der Waals surface area contributed by atoms with E-state index in [0.29, 0.717) is 26.1 Å². The molecular weight excluding hydrogens is 328 g/mol. The van der Waals surface area contributed by atoms with E-state index in [2.05, 4.69) is 12.0 Å². The molecule has 1 saturated heterocycles. The minimum atomic E-state index is 0.0182. The average molecular weight is 354 g/mol. The summed E-state index contributed by atoms with van der Waals surface area (Å²) in [6, 6.07) is 11.9. The highest BCUT2D eigenvalue weighted by Gasteiger charge is 2.30. The maximum Gasteiger partial charge on any atom is 0.244 e. The van der Waals surface area contributed by atoms with Crippen molar-refractivity contribution in [1.82, 2.24) is 19.6 Å². The van der Waals surface area contributed by atoms with Gasteiger partial charge in [0.25, 0.3) is 0 Å². The van der Waals surface area contributed by atoms with Crippen LogP contribution in [0.5, 0.6) is 0 Å².